The van der Waals surface area contributed by atoms with E-state index in [-0.39, 0.29) is 10.6 Å². The molecule has 0 spiro atoms. The lowest BCUT2D eigenvalue weighted by Gasteiger charge is -2.10. The van der Waals surface area contributed by atoms with E-state index in [1.165, 1.54) is 25.1 Å². The van der Waals surface area contributed by atoms with Crippen molar-refractivity contribution in [3.8, 4) is 0 Å². The Bertz CT molecular complexity index is 584. The number of urea groups is 1. The lowest BCUT2D eigenvalue weighted by Crippen LogP contribution is -2.42. The van der Waals surface area contributed by atoms with Gasteiger partial charge in [-0.25, -0.2) is 14.0 Å². The molecule has 0 aliphatic rings. The van der Waals surface area contributed by atoms with Crippen molar-refractivity contribution in [2.24, 2.45) is 5.73 Å². The highest BCUT2D eigenvalue weighted by molar-refractivity contribution is 6.32. The second kappa shape index (κ2) is 7.39. The van der Waals surface area contributed by atoms with Crippen LogP contribution < -0.4 is 11.1 Å². The number of primary amides is 1. The van der Waals surface area contributed by atoms with Crippen LogP contribution in [-0.2, 0) is 14.3 Å². The summed E-state index contributed by atoms with van der Waals surface area (Å²) in [6.45, 7) is 1.25. The molecule has 8 heteroatoms. The summed E-state index contributed by atoms with van der Waals surface area (Å²) in [5, 5.41) is 1.88. The summed E-state index contributed by atoms with van der Waals surface area (Å²) >= 11 is 5.77. The van der Waals surface area contributed by atoms with Gasteiger partial charge in [0, 0.05) is 11.6 Å². The normalized spacial score (nSPS) is 12.0. The maximum absolute atomic E-state index is 13.4. The van der Waals surface area contributed by atoms with Crippen LogP contribution in [0.2, 0.25) is 5.02 Å². The van der Waals surface area contributed by atoms with Gasteiger partial charge >= 0.3 is 12.0 Å². The van der Waals surface area contributed by atoms with E-state index in [1.807, 2.05) is 0 Å². The number of imide groups is 1. The van der Waals surface area contributed by atoms with Crippen molar-refractivity contribution in [3.05, 3.63) is 40.7 Å². The van der Waals surface area contributed by atoms with Crippen molar-refractivity contribution in [3.63, 3.8) is 0 Å². The molecule has 0 bridgehead atoms. The van der Waals surface area contributed by atoms with E-state index in [0.29, 0.717) is 0 Å². The lowest BCUT2D eigenvalue weighted by molar-refractivity contribution is -0.149. The number of ether oxygens (including phenoxy) is 1. The SMILES string of the molecule is CC(OC(=O)C=Cc1c(F)cccc1Cl)C(=O)NC(N)=O. The summed E-state index contributed by atoms with van der Waals surface area (Å²) in [5.41, 5.74) is 4.77. The number of esters is 1. The molecule has 0 aliphatic carbocycles. The number of benzene rings is 1. The molecule has 112 valence electrons. The third-order valence-electron chi connectivity index (χ3n) is 2.29. The molecule has 21 heavy (non-hydrogen) atoms. The molecule has 1 aromatic rings. The van der Waals surface area contributed by atoms with Crippen LogP contribution in [0, 0.1) is 5.82 Å². The second-order valence-corrected chi connectivity index (χ2v) is 4.31. The van der Waals surface area contributed by atoms with E-state index in [0.717, 1.165) is 12.2 Å². The molecule has 1 atom stereocenters. The predicted molar refractivity (Wildman–Crippen MR) is 73.7 cm³/mol. The highest BCUT2D eigenvalue weighted by Crippen LogP contribution is 2.20. The van der Waals surface area contributed by atoms with Crippen LogP contribution >= 0.6 is 11.6 Å². The van der Waals surface area contributed by atoms with Gasteiger partial charge in [-0.1, -0.05) is 17.7 Å². The molecule has 0 aliphatic heterocycles. The maximum Gasteiger partial charge on any atom is 0.331 e. The van der Waals surface area contributed by atoms with Gasteiger partial charge in [-0.2, -0.15) is 0 Å². The first-order valence-corrected chi connectivity index (χ1v) is 6.12. The predicted octanol–water partition coefficient (Wildman–Crippen LogP) is 1.62. The monoisotopic (exact) mass is 314 g/mol. The Hall–Kier alpha value is -2.41. The lowest BCUT2D eigenvalue weighted by atomic mass is 10.2. The molecular weight excluding hydrogens is 303 g/mol. The molecule has 1 unspecified atom stereocenters. The Morgan fingerprint density at radius 3 is 2.67 bits per heavy atom. The van der Waals surface area contributed by atoms with Gasteiger partial charge in [-0.05, 0) is 25.1 Å². The van der Waals surface area contributed by atoms with E-state index in [1.54, 1.807) is 5.32 Å². The van der Waals surface area contributed by atoms with Crippen LogP contribution in [-0.4, -0.2) is 24.0 Å². The fourth-order valence-electron chi connectivity index (χ4n) is 1.31. The fraction of sp³-hybridized carbons (Fsp3) is 0.154. The summed E-state index contributed by atoms with van der Waals surface area (Å²) in [7, 11) is 0. The zero-order chi connectivity index (χ0) is 16.0. The number of amides is 3. The number of nitrogens with two attached hydrogens (primary N) is 1. The number of carbonyl (C=O) groups excluding carboxylic acids is 3. The summed E-state index contributed by atoms with van der Waals surface area (Å²) in [4.78, 5) is 33.2. The molecule has 3 N–H and O–H groups in total. The molecule has 0 fully saturated rings. The molecule has 3 amide bonds. The van der Waals surface area contributed by atoms with E-state index in [4.69, 9.17) is 22.1 Å². The number of hydrogen-bond acceptors (Lipinski definition) is 4. The number of halogens is 2. The average molecular weight is 315 g/mol. The molecule has 0 saturated carbocycles. The molecule has 0 radical (unpaired) electrons. The maximum atomic E-state index is 13.4. The molecule has 0 heterocycles. The first-order valence-electron chi connectivity index (χ1n) is 5.74. The number of hydrogen-bond donors (Lipinski definition) is 2. The number of rotatable bonds is 4. The van der Waals surface area contributed by atoms with Crippen LogP contribution in [0.5, 0.6) is 0 Å². The Morgan fingerprint density at radius 1 is 1.43 bits per heavy atom. The van der Waals surface area contributed by atoms with Crippen LogP contribution in [0.25, 0.3) is 6.08 Å². The van der Waals surface area contributed by atoms with Crippen LogP contribution in [0.15, 0.2) is 24.3 Å². The Labute approximate surface area is 124 Å². The largest absolute Gasteiger partial charge is 0.449 e. The molecular formula is C13H12ClFN2O4. The van der Waals surface area contributed by atoms with Crippen LogP contribution in [0.3, 0.4) is 0 Å². The van der Waals surface area contributed by atoms with Crippen molar-refractivity contribution in [1.82, 2.24) is 5.32 Å². The van der Waals surface area contributed by atoms with Gasteiger partial charge < -0.3 is 10.5 Å². The van der Waals surface area contributed by atoms with Gasteiger partial charge in [0.15, 0.2) is 6.10 Å². The minimum Gasteiger partial charge on any atom is -0.449 e. The molecule has 1 rings (SSSR count). The highest BCUT2D eigenvalue weighted by atomic mass is 35.5. The van der Waals surface area contributed by atoms with Crippen molar-refractivity contribution in [2.45, 2.75) is 13.0 Å². The first-order chi connectivity index (χ1) is 9.81. The van der Waals surface area contributed by atoms with Crippen molar-refractivity contribution >= 4 is 35.6 Å². The second-order valence-electron chi connectivity index (χ2n) is 3.90. The topological polar surface area (TPSA) is 98.5 Å². The van der Waals surface area contributed by atoms with E-state index >= 15 is 0 Å². The summed E-state index contributed by atoms with van der Waals surface area (Å²) in [6.07, 6.45) is 0.808. The smallest absolute Gasteiger partial charge is 0.331 e. The summed E-state index contributed by atoms with van der Waals surface area (Å²) in [6, 6.07) is 3.00. The third kappa shape index (κ3) is 5.23. The number of carbonyl (C=O) groups is 3. The van der Waals surface area contributed by atoms with Crippen LogP contribution in [0.1, 0.15) is 12.5 Å². The van der Waals surface area contributed by atoms with E-state index < -0.39 is 29.8 Å². The van der Waals surface area contributed by atoms with Crippen molar-refractivity contribution in [2.75, 3.05) is 0 Å². The molecule has 1 aromatic carbocycles. The Morgan fingerprint density at radius 2 is 2.10 bits per heavy atom. The highest BCUT2D eigenvalue weighted by Gasteiger charge is 2.17. The van der Waals surface area contributed by atoms with Gasteiger partial charge in [-0.15, -0.1) is 0 Å². The third-order valence-corrected chi connectivity index (χ3v) is 2.62. The van der Waals surface area contributed by atoms with Gasteiger partial charge in [0.1, 0.15) is 5.82 Å². The Kier molecular flexibility index (Phi) is 5.86. The zero-order valence-corrected chi connectivity index (χ0v) is 11.7. The van der Waals surface area contributed by atoms with E-state index in [2.05, 4.69) is 0 Å². The van der Waals surface area contributed by atoms with Gasteiger partial charge in [0.25, 0.3) is 5.91 Å². The molecule has 0 saturated heterocycles. The quantitative estimate of drug-likeness (QED) is 0.651. The van der Waals surface area contributed by atoms with Gasteiger partial charge in [0.2, 0.25) is 0 Å². The minimum absolute atomic E-state index is 0.0188. The van der Waals surface area contributed by atoms with Crippen molar-refractivity contribution < 1.29 is 23.5 Å². The summed E-state index contributed by atoms with van der Waals surface area (Å²) in [5.74, 6) is -2.37. The minimum atomic E-state index is -1.23. The standard InChI is InChI=1S/C13H12ClFN2O4/c1-7(12(19)17-13(16)20)21-11(18)6-5-8-9(14)3-2-4-10(8)15/h2-7H,1H3,(H3,16,17,19,20). The first kappa shape index (κ1) is 16.6. The molecule has 0 aromatic heterocycles. The Balaban J connectivity index is 2.67. The van der Waals surface area contributed by atoms with Crippen molar-refractivity contribution in [1.29, 1.82) is 0 Å². The number of nitrogens with one attached hydrogen (secondary N) is 1. The fourth-order valence-corrected chi connectivity index (χ4v) is 1.54. The van der Waals surface area contributed by atoms with Gasteiger partial charge in [-0.3, -0.25) is 10.1 Å². The zero-order valence-electron chi connectivity index (χ0n) is 10.9. The van der Waals surface area contributed by atoms with Gasteiger partial charge in [0.05, 0.1) is 5.02 Å². The molecule has 6 nitrogen and oxygen atoms in total. The van der Waals surface area contributed by atoms with E-state index in [9.17, 15) is 18.8 Å². The average Bonchev–Trinajstić information content (AvgIpc) is 2.37. The summed E-state index contributed by atoms with van der Waals surface area (Å²) < 4.78 is 18.1. The van der Waals surface area contributed by atoms with Crippen LogP contribution in [0.4, 0.5) is 9.18 Å².